The summed E-state index contributed by atoms with van der Waals surface area (Å²) in [5.41, 5.74) is -0.208. The molecule has 0 aromatic heterocycles. The van der Waals surface area contributed by atoms with Gasteiger partial charge < -0.3 is 4.74 Å². The number of rotatable bonds is 6. The van der Waals surface area contributed by atoms with Crippen molar-refractivity contribution in [3.63, 3.8) is 0 Å². The van der Waals surface area contributed by atoms with Crippen LogP contribution in [0.25, 0.3) is 0 Å². The molecule has 2 nitrogen and oxygen atoms in total. The van der Waals surface area contributed by atoms with Crippen molar-refractivity contribution >= 4 is 17.6 Å². The Kier molecular flexibility index (Phi) is 6.52. The summed E-state index contributed by atoms with van der Waals surface area (Å²) < 4.78 is 54.9. The van der Waals surface area contributed by atoms with Crippen LogP contribution in [0.5, 0.6) is 0 Å². The van der Waals surface area contributed by atoms with Gasteiger partial charge in [0.05, 0.1) is 12.6 Å². The van der Waals surface area contributed by atoms with Crippen molar-refractivity contribution in [1.82, 2.24) is 0 Å². The zero-order valence-electron chi connectivity index (χ0n) is 13.6. The van der Waals surface area contributed by atoms with E-state index in [1.54, 1.807) is 20.8 Å². The van der Waals surface area contributed by atoms with Crippen LogP contribution in [-0.4, -0.2) is 24.9 Å². The summed E-state index contributed by atoms with van der Waals surface area (Å²) in [6.45, 7) is 4.33. The van der Waals surface area contributed by atoms with Gasteiger partial charge >= 0.3 is 12.1 Å². The Labute approximate surface area is 143 Å². The van der Waals surface area contributed by atoms with Gasteiger partial charge in [0, 0.05) is 0 Å². The maximum absolute atomic E-state index is 12.5. The summed E-state index contributed by atoms with van der Waals surface area (Å²) in [5, 5.41) is -1.26. The van der Waals surface area contributed by atoms with Crippen LogP contribution in [-0.2, 0) is 9.53 Å². The molecule has 24 heavy (non-hydrogen) atoms. The molecule has 1 saturated carbocycles. The normalized spacial score (nSPS) is 25.0. The van der Waals surface area contributed by atoms with Gasteiger partial charge in [-0.2, -0.15) is 13.2 Å². The van der Waals surface area contributed by atoms with E-state index in [9.17, 15) is 22.4 Å². The van der Waals surface area contributed by atoms with E-state index in [1.165, 1.54) is 6.08 Å². The van der Waals surface area contributed by atoms with Crippen LogP contribution in [0.4, 0.5) is 17.6 Å². The lowest BCUT2D eigenvalue weighted by Crippen LogP contribution is -2.20. The first kappa shape index (κ1) is 20.6. The number of ether oxygens (including phenoxy) is 1. The van der Waals surface area contributed by atoms with Crippen molar-refractivity contribution in [3.8, 4) is 12.3 Å². The number of terminal acetylenes is 1. The van der Waals surface area contributed by atoms with Gasteiger partial charge in [-0.3, -0.25) is 9.18 Å². The minimum atomic E-state index is -4.65. The predicted octanol–water partition coefficient (Wildman–Crippen LogP) is 4.79. The van der Waals surface area contributed by atoms with Gasteiger partial charge in [-0.25, -0.2) is 0 Å². The van der Waals surface area contributed by atoms with E-state index < -0.39 is 47.2 Å². The first-order valence-corrected chi connectivity index (χ1v) is 7.68. The van der Waals surface area contributed by atoms with E-state index >= 15 is 0 Å². The number of halogens is 5. The Morgan fingerprint density at radius 1 is 1.46 bits per heavy atom. The van der Waals surface area contributed by atoms with Crippen molar-refractivity contribution in [1.29, 1.82) is 0 Å². The van der Waals surface area contributed by atoms with Crippen molar-refractivity contribution in [2.24, 2.45) is 17.3 Å². The minimum Gasteiger partial charge on any atom is -0.444 e. The molecule has 7 heteroatoms. The summed E-state index contributed by atoms with van der Waals surface area (Å²) in [5.74, 6) is 0.133. The average molecular weight is 367 g/mol. The van der Waals surface area contributed by atoms with Gasteiger partial charge in [-0.05, 0) is 30.3 Å². The molecule has 1 aliphatic rings. The van der Waals surface area contributed by atoms with Gasteiger partial charge in [0.25, 0.3) is 0 Å². The molecule has 3 atom stereocenters. The Hall–Kier alpha value is -1.48. The highest BCUT2D eigenvalue weighted by Crippen LogP contribution is 2.60. The molecule has 0 heterocycles. The van der Waals surface area contributed by atoms with Crippen LogP contribution in [0, 0.1) is 29.6 Å². The molecular weight excluding hydrogens is 348 g/mol. The predicted molar refractivity (Wildman–Crippen MR) is 83.8 cm³/mol. The Morgan fingerprint density at radius 2 is 2.04 bits per heavy atom. The molecule has 0 aromatic rings. The lowest BCUT2D eigenvalue weighted by atomic mass is 10.1. The molecular formula is C17H19ClF4O2. The standard InChI is InChI=1S/C17H19ClF4O2/c1-5-12(10(2)7-6-8-19)24-15(23)14-11(16(14,3)4)9-13(18)17(20,21)22/h1,7,9,11-12,14H,6,8H2,2-4H3. The Bertz CT molecular complexity index is 584. The largest absolute Gasteiger partial charge is 0.444 e. The molecule has 1 rings (SSSR count). The fraction of sp³-hybridized carbons (Fsp3) is 0.588. The van der Waals surface area contributed by atoms with E-state index in [2.05, 4.69) is 5.92 Å². The fourth-order valence-electron chi connectivity index (χ4n) is 2.53. The summed E-state index contributed by atoms with van der Waals surface area (Å²) in [7, 11) is 0. The average Bonchev–Trinajstić information content (AvgIpc) is 3.01. The van der Waals surface area contributed by atoms with Crippen molar-refractivity contribution in [3.05, 3.63) is 22.8 Å². The fourth-order valence-corrected chi connectivity index (χ4v) is 2.66. The number of hydrogen-bond donors (Lipinski definition) is 0. The molecule has 0 N–H and O–H groups in total. The number of allylic oxidation sites excluding steroid dienone is 3. The van der Waals surface area contributed by atoms with E-state index in [1.807, 2.05) is 0 Å². The lowest BCUT2D eigenvalue weighted by Gasteiger charge is -2.13. The second kappa shape index (κ2) is 7.60. The van der Waals surface area contributed by atoms with Crippen molar-refractivity contribution in [2.45, 2.75) is 39.5 Å². The van der Waals surface area contributed by atoms with Crippen LogP contribution in [0.2, 0.25) is 0 Å². The second-order valence-electron chi connectivity index (χ2n) is 6.25. The summed E-state index contributed by atoms with van der Waals surface area (Å²) in [6.07, 6.45) is 2.19. The zero-order valence-corrected chi connectivity index (χ0v) is 14.3. The summed E-state index contributed by atoms with van der Waals surface area (Å²) in [4.78, 5) is 12.2. The van der Waals surface area contributed by atoms with Gasteiger partial charge in [-0.1, -0.05) is 43.5 Å². The smallest absolute Gasteiger partial charge is 0.426 e. The maximum Gasteiger partial charge on any atom is 0.426 e. The minimum absolute atomic E-state index is 0.142. The molecule has 0 saturated heterocycles. The zero-order chi connectivity index (χ0) is 18.7. The Morgan fingerprint density at radius 3 is 2.50 bits per heavy atom. The van der Waals surface area contributed by atoms with Crippen molar-refractivity contribution < 1.29 is 27.1 Å². The van der Waals surface area contributed by atoms with Crippen LogP contribution < -0.4 is 0 Å². The molecule has 3 unspecified atom stereocenters. The Balaban J connectivity index is 2.83. The highest BCUT2D eigenvalue weighted by atomic mass is 35.5. The molecule has 0 bridgehead atoms. The molecule has 0 radical (unpaired) electrons. The summed E-state index contributed by atoms with van der Waals surface area (Å²) in [6, 6.07) is 0. The van der Waals surface area contributed by atoms with E-state index in [0.717, 1.165) is 6.08 Å². The molecule has 0 amide bonds. The van der Waals surface area contributed by atoms with E-state index in [0.29, 0.717) is 5.57 Å². The van der Waals surface area contributed by atoms with Gasteiger partial charge in [0.1, 0.15) is 5.03 Å². The maximum atomic E-state index is 12.5. The molecule has 0 spiro atoms. The topological polar surface area (TPSA) is 26.3 Å². The van der Waals surface area contributed by atoms with Gasteiger partial charge in [0.2, 0.25) is 0 Å². The van der Waals surface area contributed by atoms with Crippen LogP contribution >= 0.6 is 11.6 Å². The molecule has 0 aromatic carbocycles. The number of carbonyl (C=O) groups is 1. The lowest BCUT2D eigenvalue weighted by molar-refractivity contribution is -0.147. The third-order valence-electron chi connectivity index (χ3n) is 4.14. The number of esters is 1. The number of alkyl halides is 4. The third kappa shape index (κ3) is 4.76. The number of carbonyl (C=O) groups excluding carboxylic acids is 1. The molecule has 134 valence electrons. The highest BCUT2D eigenvalue weighted by molar-refractivity contribution is 6.30. The first-order chi connectivity index (χ1) is 11.0. The quantitative estimate of drug-likeness (QED) is 0.292. The van der Waals surface area contributed by atoms with E-state index in [4.69, 9.17) is 22.8 Å². The van der Waals surface area contributed by atoms with E-state index in [-0.39, 0.29) is 6.42 Å². The molecule has 1 fully saturated rings. The van der Waals surface area contributed by atoms with Gasteiger partial charge in [0.15, 0.2) is 6.10 Å². The van der Waals surface area contributed by atoms with Crippen molar-refractivity contribution in [2.75, 3.05) is 6.67 Å². The molecule has 1 aliphatic carbocycles. The van der Waals surface area contributed by atoms with Crippen LogP contribution in [0.1, 0.15) is 27.2 Å². The van der Waals surface area contributed by atoms with Crippen LogP contribution in [0.3, 0.4) is 0 Å². The van der Waals surface area contributed by atoms with Crippen LogP contribution in [0.15, 0.2) is 22.8 Å². The van der Waals surface area contributed by atoms with Gasteiger partial charge in [-0.15, -0.1) is 6.42 Å². The SMILES string of the molecule is C#CC(OC(=O)C1C(C=C(Cl)C(F)(F)F)C1(C)C)C(C)=CCCF. The summed E-state index contributed by atoms with van der Waals surface area (Å²) >= 11 is 5.24. The third-order valence-corrected chi connectivity index (χ3v) is 4.48. The monoisotopic (exact) mass is 366 g/mol. The number of hydrogen-bond acceptors (Lipinski definition) is 2. The second-order valence-corrected chi connectivity index (χ2v) is 6.65. The molecule has 0 aliphatic heterocycles. The highest BCUT2D eigenvalue weighted by Gasteiger charge is 2.62. The first-order valence-electron chi connectivity index (χ1n) is 7.30.